The van der Waals surface area contributed by atoms with Crippen molar-refractivity contribution in [1.82, 2.24) is 9.80 Å². The molecule has 1 saturated heterocycles. The van der Waals surface area contributed by atoms with Crippen molar-refractivity contribution in [3.8, 4) is 17.2 Å². The van der Waals surface area contributed by atoms with E-state index < -0.39 is 6.10 Å². The summed E-state index contributed by atoms with van der Waals surface area (Å²) in [6, 6.07) is 3.35. The van der Waals surface area contributed by atoms with Gasteiger partial charge in [-0.2, -0.15) is 0 Å². The summed E-state index contributed by atoms with van der Waals surface area (Å²) in [5, 5.41) is 10.4. The Hall–Kier alpha value is -2.07. The van der Waals surface area contributed by atoms with Crippen LogP contribution >= 0.6 is 0 Å². The Bertz CT molecular complexity index is 784. The second-order valence-electron chi connectivity index (χ2n) is 10.3. The first-order valence-electron chi connectivity index (χ1n) is 12.2. The number of morpholine rings is 1. The lowest BCUT2D eigenvalue weighted by Gasteiger charge is -2.37. The lowest BCUT2D eigenvalue weighted by atomic mass is 10.1. The molecule has 1 heterocycles. The lowest BCUT2D eigenvalue weighted by molar-refractivity contribution is -0.0783. The summed E-state index contributed by atoms with van der Waals surface area (Å²) in [5.74, 6) is 1.47. The zero-order valence-corrected chi connectivity index (χ0v) is 22.6. The molecule has 200 valence electrons. The van der Waals surface area contributed by atoms with Gasteiger partial charge in [0, 0.05) is 38.3 Å². The number of aliphatic hydroxyl groups excluding tert-OH is 1. The van der Waals surface area contributed by atoms with Crippen LogP contribution in [0, 0.1) is 5.92 Å². The van der Waals surface area contributed by atoms with E-state index in [9.17, 15) is 9.90 Å². The summed E-state index contributed by atoms with van der Waals surface area (Å²) in [5.41, 5.74) is 0.168. The van der Waals surface area contributed by atoms with E-state index in [4.69, 9.17) is 23.7 Å². The third-order valence-corrected chi connectivity index (χ3v) is 5.61. The molecule has 0 aliphatic carbocycles. The van der Waals surface area contributed by atoms with Crippen LogP contribution in [-0.4, -0.2) is 106 Å². The second-order valence-corrected chi connectivity index (χ2v) is 10.3. The summed E-state index contributed by atoms with van der Waals surface area (Å²) < 4.78 is 28.0. The maximum absolute atomic E-state index is 13.6. The summed E-state index contributed by atoms with van der Waals surface area (Å²) >= 11 is 0. The maximum atomic E-state index is 13.6. The fraction of sp³-hybridized carbons (Fsp3) is 0.731. The number of methoxy groups -OCH3 is 3. The van der Waals surface area contributed by atoms with Crippen LogP contribution in [-0.2, 0) is 9.47 Å². The molecule has 1 aliphatic rings. The van der Waals surface area contributed by atoms with Crippen molar-refractivity contribution in [3.63, 3.8) is 0 Å². The predicted octanol–water partition coefficient (Wildman–Crippen LogP) is 2.69. The fourth-order valence-corrected chi connectivity index (χ4v) is 4.07. The third kappa shape index (κ3) is 9.14. The smallest absolute Gasteiger partial charge is 0.254 e. The van der Waals surface area contributed by atoms with Crippen molar-refractivity contribution in [1.29, 1.82) is 0 Å². The molecule has 1 fully saturated rings. The number of nitrogens with zero attached hydrogens (tertiary/aromatic N) is 2. The van der Waals surface area contributed by atoms with Crippen LogP contribution < -0.4 is 14.2 Å². The van der Waals surface area contributed by atoms with Gasteiger partial charge >= 0.3 is 0 Å². The molecule has 1 amide bonds. The van der Waals surface area contributed by atoms with Crippen molar-refractivity contribution in [2.45, 2.75) is 52.4 Å². The topological polar surface area (TPSA) is 89.9 Å². The van der Waals surface area contributed by atoms with Gasteiger partial charge in [-0.1, -0.05) is 13.8 Å². The monoisotopic (exact) mass is 496 g/mol. The fourth-order valence-electron chi connectivity index (χ4n) is 4.07. The van der Waals surface area contributed by atoms with Crippen molar-refractivity contribution < 1.29 is 33.6 Å². The molecule has 0 aromatic heterocycles. The molecule has 1 aliphatic heterocycles. The van der Waals surface area contributed by atoms with Gasteiger partial charge in [0.25, 0.3) is 5.91 Å². The molecule has 1 aromatic rings. The predicted molar refractivity (Wildman–Crippen MR) is 135 cm³/mol. The van der Waals surface area contributed by atoms with Crippen LogP contribution in [0.2, 0.25) is 0 Å². The zero-order valence-electron chi connectivity index (χ0n) is 22.6. The Kier molecular flexibility index (Phi) is 11.1. The number of amides is 1. The number of rotatable bonds is 12. The molecule has 35 heavy (non-hydrogen) atoms. The molecular weight excluding hydrogens is 452 g/mol. The summed E-state index contributed by atoms with van der Waals surface area (Å²) in [7, 11) is 4.59. The Morgan fingerprint density at radius 1 is 1.17 bits per heavy atom. The molecule has 9 nitrogen and oxygen atoms in total. The summed E-state index contributed by atoms with van der Waals surface area (Å²) in [6.07, 6.45) is -0.746. The quantitative estimate of drug-likeness (QED) is 0.473. The standard InChI is InChI=1S/C26H44N2O7/c1-18(2)13-28(25(30)19-11-22(31-6)24(33-8)23(12-19)32-7)16-21-15-27(9-10-34-21)14-20(29)17-35-26(3,4)5/h11-12,18,20-21,29H,9-10,13-17H2,1-8H3/t20-,21-/m1/s1. The van der Waals surface area contributed by atoms with Gasteiger partial charge in [-0.15, -0.1) is 0 Å². The van der Waals surface area contributed by atoms with E-state index in [1.165, 1.54) is 21.3 Å². The Labute approximate surface area is 210 Å². The molecular formula is C26H44N2O7. The van der Waals surface area contributed by atoms with Crippen molar-refractivity contribution in [3.05, 3.63) is 17.7 Å². The van der Waals surface area contributed by atoms with E-state index in [0.717, 1.165) is 6.54 Å². The molecule has 2 rings (SSSR count). The molecule has 1 aromatic carbocycles. The third-order valence-electron chi connectivity index (χ3n) is 5.61. The minimum Gasteiger partial charge on any atom is -0.493 e. The highest BCUT2D eigenvalue weighted by atomic mass is 16.5. The van der Waals surface area contributed by atoms with E-state index in [1.54, 1.807) is 12.1 Å². The molecule has 9 heteroatoms. The Morgan fingerprint density at radius 3 is 2.31 bits per heavy atom. The van der Waals surface area contributed by atoms with Crippen LogP contribution in [0.5, 0.6) is 17.2 Å². The number of β-amino-alcohol motifs (C(OH)–C–C–N with tert-alkyl or cyclic N) is 1. The second kappa shape index (κ2) is 13.3. The van der Waals surface area contributed by atoms with Crippen LogP contribution in [0.4, 0.5) is 0 Å². The maximum Gasteiger partial charge on any atom is 0.254 e. The molecule has 0 bridgehead atoms. The molecule has 0 unspecified atom stereocenters. The number of benzene rings is 1. The van der Waals surface area contributed by atoms with Crippen molar-refractivity contribution in [2.75, 3.05) is 67.3 Å². The van der Waals surface area contributed by atoms with Crippen LogP contribution in [0.25, 0.3) is 0 Å². The first-order chi connectivity index (χ1) is 16.5. The molecule has 1 N–H and O–H groups in total. The van der Waals surface area contributed by atoms with E-state index >= 15 is 0 Å². The minimum atomic E-state index is -0.583. The largest absolute Gasteiger partial charge is 0.493 e. The van der Waals surface area contributed by atoms with Gasteiger partial charge < -0.3 is 33.7 Å². The van der Waals surface area contributed by atoms with Crippen molar-refractivity contribution >= 4 is 5.91 Å². The van der Waals surface area contributed by atoms with E-state index in [2.05, 4.69) is 18.7 Å². The van der Waals surface area contributed by atoms with Gasteiger partial charge in [0.1, 0.15) is 0 Å². The summed E-state index contributed by atoms with van der Waals surface area (Å²) in [6.45, 7) is 13.8. The molecule has 2 atom stereocenters. The highest BCUT2D eigenvalue weighted by molar-refractivity contribution is 5.95. The normalized spacial score (nSPS) is 17.8. The van der Waals surface area contributed by atoms with Gasteiger partial charge in [0.15, 0.2) is 11.5 Å². The number of hydrogen-bond acceptors (Lipinski definition) is 8. The number of hydrogen-bond donors (Lipinski definition) is 1. The SMILES string of the molecule is COc1cc(C(=O)N(CC(C)C)C[C@H]2CN(C[C@@H](O)COC(C)(C)C)CCO2)cc(OC)c1OC. The van der Waals surface area contributed by atoms with E-state index in [1.807, 2.05) is 25.7 Å². The van der Waals surface area contributed by atoms with Gasteiger partial charge in [-0.05, 0) is 38.8 Å². The van der Waals surface area contributed by atoms with Gasteiger partial charge in [-0.25, -0.2) is 0 Å². The number of ether oxygens (including phenoxy) is 5. The minimum absolute atomic E-state index is 0.128. The average Bonchev–Trinajstić information content (AvgIpc) is 2.80. The first kappa shape index (κ1) is 29.2. The van der Waals surface area contributed by atoms with Gasteiger partial charge in [-0.3, -0.25) is 9.69 Å². The zero-order chi connectivity index (χ0) is 26.2. The lowest BCUT2D eigenvalue weighted by Crippen LogP contribution is -2.51. The molecule has 0 radical (unpaired) electrons. The van der Waals surface area contributed by atoms with E-state index in [-0.39, 0.29) is 30.1 Å². The summed E-state index contributed by atoms with van der Waals surface area (Å²) in [4.78, 5) is 17.6. The van der Waals surface area contributed by atoms with Gasteiger partial charge in [0.2, 0.25) is 5.75 Å². The van der Waals surface area contributed by atoms with Crippen LogP contribution in [0.1, 0.15) is 45.0 Å². The number of carbonyl (C=O) groups excluding carboxylic acids is 1. The molecule has 0 saturated carbocycles. The van der Waals surface area contributed by atoms with Crippen LogP contribution in [0.3, 0.4) is 0 Å². The number of aliphatic hydroxyl groups is 1. The first-order valence-corrected chi connectivity index (χ1v) is 12.2. The highest BCUT2D eigenvalue weighted by Gasteiger charge is 2.28. The Balaban J connectivity index is 2.12. The molecule has 0 spiro atoms. The Morgan fingerprint density at radius 2 is 1.80 bits per heavy atom. The average molecular weight is 497 g/mol. The van der Waals surface area contributed by atoms with Crippen molar-refractivity contribution in [2.24, 2.45) is 5.92 Å². The van der Waals surface area contributed by atoms with Gasteiger partial charge in [0.05, 0.1) is 52.4 Å². The van der Waals surface area contributed by atoms with E-state index in [0.29, 0.717) is 55.6 Å². The number of carbonyl (C=O) groups is 1. The van der Waals surface area contributed by atoms with Crippen LogP contribution in [0.15, 0.2) is 12.1 Å². The highest BCUT2D eigenvalue weighted by Crippen LogP contribution is 2.38.